The Morgan fingerprint density at radius 2 is 1.52 bits per heavy atom. The smallest absolute Gasteiger partial charge is 0.0859 e. The second-order valence-electron chi connectivity index (χ2n) is 6.80. The number of aliphatic hydroxyl groups excluding tert-OH is 1. The number of benzene rings is 2. The van der Waals surface area contributed by atoms with E-state index in [0.717, 1.165) is 45.0 Å². The van der Waals surface area contributed by atoms with Crippen LogP contribution in [0.1, 0.15) is 23.5 Å². The lowest BCUT2D eigenvalue weighted by molar-refractivity contribution is -0.195. The van der Waals surface area contributed by atoms with Crippen LogP contribution in [0.3, 0.4) is 0 Å². The molecule has 0 aliphatic carbocycles. The van der Waals surface area contributed by atoms with Crippen molar-refractivity contribution in [2.24, 2.45) is 11.8 Å². The van der Waals surface area contributed by atoms with Crippen molar-refractivity contribution in [2.75, 3.05) is 13.1 Å². The van der Waals surface area contributed by atoms with E-state index in [1.807, 2.05) is 48.5 Å². The lowest BCUT2D eigenvalue weighted by Crippen LogP contribution is -2.51. The summed E-state index contributed by atoms with van der Waals surface area (Å²) in [6.07, 6.45) is -0.0563. The molecule has 2 aromatic carbocycles. The number of rotatable bonds is 11. The number of hydrogen-bond donors (Lipinski definition) is 4. The molecule has 12 heteroatoms. The van der Waals surface area contributed by atoms with Crippen molar-refractivity contribution in [1.29, 1.82) is 0 Å². The molecule has 9 nitrogen and oxygen atoms in total. The molecule has 1 fully saturated rings. The summed E-state index contributed by atoms with van der Waals surface area (Å²) >= 11 is 2.02. The maximum Gasteiger partial charge on any atom is 0.0859 e. The number of ether oxygens (including phenoxy) is 1. The molecule has 3 atom stereocenters. The number of nitrogens with one attached hydrogen (secondary N) is 1. The Labute approximate surface area is 190 Å². The van der Waals surface area contributed by atoms with Crippen LogP contribution in [0, 0.1) is 0 Å². The Kier molecular flexibility index (Phi) is 10.1. The van der Waals surface area contributed by atoms with Crippen molar-refractivity contribution in [2.45, 2.75) is 40.4 Å². The van der Waals surface area contributed by atoms with Crippen molar-refractivity contribution >= 4 is 31.9 Å². The van der Waals surface area contributed by atoms with Gasteiger partial charge in [-0.3, -0.25) is 0 Å². The minimum absolute atomic E-state index is 0.107. The van der Waals surface area contributed by atoms with E-state index in [1.165, 1.54) is 0 Å². The molecule has 0 aromatic heterocycles. The molecule has 0 unspecified atom stereocenters. The fourth-order valence-electron chi connectivity index (χ4n) is 3.59. The maximum atomic E-state index is 10.6. The zero-order valence-electron chi connectivity index (χ0n) is 16.6. The van der Waals surface area contributed by atoms with E-state index in [4.69, 9.17) is 33.0 Å². The van der Waals surface area contributed by atoms with Gasteiger partial charge in [-0.25, -0.2) is 0 Å². The predicted molar refractivity (Wildman–Crippen MR) is 117 cm³/mol. The lowest BCUT2D eigenvalue weighted by Gasteiger charge is -2.38. The molecule has 0 spiro atoms. The van der Waals surface area contributed by atoms with Crippen LogP contribution in [-0.4, -0.2) is 44.3 Å². The first-order valence-electron chi connectivity index (χ1n) is 9.49. The van der Waals surface area contributed by atoms with Gasteiger partial charge < -0.3 is 15.2 Å². The van der Waals surface area contributed by atoms with Gasteiger partial charge in [0.25, 0.3) is 0 Å². The third-order valence-electron chi connectivity index (χ3n) is 5.00. The van der Waals surface area contributed by atoms with Crippen LogP contribution in [0.5, 0.6) is 0 Å². The summed E-state index contributed by atoms with van der Waals surface area (Å²) < 4.78 is 15.6. The van der Waals surface area contributed by atoms with Crippen molar-refractivity contribution in [3.8, 4) is 0 Å². The quantitative estimate of drug-likeness (QED) is 0.167. The van der Waals surface area contributed by atoms with Crippen molar-refractivity contribution in [3.05, 3.63) is 59.7 Å². The second-order valence-corrected chi connectivity index (χ2v) is 8.35. The molecule has 0 saturated carbocycles. The van der Waals surface area contributed by atoms with Crippen molar-refractivity contribution < 1.29 is 28.5 Å². The molecule has 2 aromatic rings. The van der Waals surface area contributed by atoms with E-state index in [0.29, 0.717) is 13.0 Å². The van der Waals surface area contributed by atoms with Gasteiger partial charge in [-0.15, -0.1) is 18.6 Å². The summed E-state index contributed by atoms with van der Waals surface area (Å²) in [6.45, 7) is 0.366. The molecule has 6 N–H and O–H groups in total. The normalized spacial score (nSPS) is 21.5. The van der Waals surface area contributed by atoms with Gasteiger partial charge in [0.05, 0.1) is 56.8 Å². The second kappa shape index (κ2) is 12.8. The Morgan fingerprint density at radius 3 is 1.94 bits per heavy atom. The SMILES string of the molecule is [B]CN[C@@H]1CO[C@H](C(c2ccc(SOON)cc2)c2ccc(SOON)cc2)C[C@@H]1O. The van der Waals surface area contributed by atoms with E-state index in [9.17, 15) is 5.11 Å². The lowest BCUT2D eigenvalue weighted by atomic mass is 9.82. The fraction of sp³-hybridized carbons (Fsp3) is 0.368. The minimum atomic E-state index is -0.570. The molecular weight excluding hydrogens is 441 g/mol. The molecule has 1 aliphatic heterocycles. The molecule has 2 radical (unpaired) electrons. The summed E-state index contributed by atoms with van der Waals surface area (Å²) in [5.74, 6) is 9.68. The number of hydrogen-bond acceptors (Lipinski definition) is 11. The van der Waals surface area contributed by atoms with Gasteiger partial charge in [0.15, 0.2) is 0 Å². The molecular formula is C19H24BN3O6S2. The number of nitrogens with two attached hydrogens (primary N) is 2. The summed E-state index contributed by atoms with van der Waals surface area (Å²) in [5, 5.41) is 13.7. The monoisotopic (exact) mass is 465 g/mol. The largest absolute Gasteiger partial charge is 0.391 e. The zero-order chi connectivity index (χ0) is 22.1. The highest BCUT2D eigenvalue weighted by Gasteiger charge is 2.35. The molecule has 31 heavy (non-hydrogen) atoms. The molecule has 0 amide bonds. The zero-order valence-corrected chi connectivity index (χ0v) is 18.2. The van der Waals surface area contributed by atoms with Crippen molar-refractivity contribution in [3.63, 3.8) is 0 Å². The Balaban J connectivity index is 1.83. The summed E-state index contributed by atoms with van der Waals surface area (Å²) in [6, 6.07) is 15.4. The highest BCUT2D eigenvalue weighted by atomic mass is 32.2. The molecule has 1 heterocycles. The van der Waals surface area contributed by atoms with E-state index in [1.54, 1.807) is 0 Å². The van der Waals surface area contributed by atoms with E-state index in [-0.39, 0.29) is 24.5 Å². The Bertz CT molecular complexity index is 738. The van der Waals surface area contributed by atoms with E-state index in [2.05, 4.69) is 15.3 Å². The minimum Gasteiger partial charge on any atom is -0.391 e. The van der Waals surface area contributed by atoms with Crippen LogP contribution in [0.4, 0.5) is 0 Å². The topological polar surface area (TPSA) is 130 Å². The first kappa shape index (κ1) is 24.5. The number of aliphatic hydroxyl groups is 1. The molecule has 166 valence electrons. The molecule has 0 bridgehead atoms. The molecule has 3 rings (SSSR count). The van der Waals surface area contributed by atoms with Gasteiger partial charge in [0.1, 0.15) is 0 Å². The van der Waals surface area contributed by atoms with Gasteiger partial charge in [-0.05, 0) is 41.8 Å². The van der Waals surface area contributed by atoms with Crippen LogP contribution >= 0.6 is 24.1 Å². The standard InChI is InChI=1S/C19H24BN3O6S2/c20-11-23-16-10-25-18(9-17(16)24)19(12-1-5-14(6-2-12)30-28-26-21)13-3-7-15(8-4-13)31-29-27-22/h1-8,16-19,23-24H,9-11,21-22H2/t16-,17+,18+/m1/s1. The van der Waals surface area contributed by atoms with Gasteiger partial charge >= 0.3 is 0 Å². The predicted octanol–water partition coefficient (Wildman–Crippen LogP) is 1.71. The molecule has 1 saturated heterocycles. The van der Waals surface area contributed by atoms with Gasteiger partial charge in [0, 0.05) is 22.1 Å². The van der Waals surface area contributed by atoms with Crippen LogP contribution in [0.2, 0.25) is 0 Å². The molecule has 1 aliphatic rings. The average molecular weight is 465 g/mol. The van der Waals surface area contributed by atoms with Gasteiger partial charge in [-0.1, -0.05) is 24.3 Å². The highest BCUT2D eigenvalue weighted by Crippen LogP contribution is 2.36. The van der Waals surface area contributed by atoms with Crippen LogP contribution in [-0.2, 0) is 23.4 Å². The summed E-state index contributed by atoms with van der Waals surface area (Å²) in [4.78, 5) is 9.94. The van der Waals surface area contributed by atoms with E-state index < -0.39 is 6.10 Å². The van der Waals surface area contributed by atoms with Crippen LogP contribution in [0.15, 0.2) is 58.3 Å². The third-order valence-corrected chi connectivity index (χ3v) is 6.22. The summed E-state index contributed by atoms with van der Waals surface area (Å²) in [5.41, 5.74) is 2.06. The van der Waals surface area contributed by atoms with Crippen LogP contribution < -0.4 is 17.1 Å². The van der Waals surface area contributed by atoms with E-state index >= 15 is 0 Å². The van der Waals surface area contributed by atoms with Crippen LogP contribution in [0.25, 0.3) is 0 Å². The average Bonchev–Trinajstić information content (AvgIpc) is 2.80. The first-order chi connectivity index (χ1) is 15.2. The Morgan fingerprint density at radius 1 is 1.00 bits per heavy atom. The van der Waals surface area contributed by atoms with Crippen molar-refractivity contribution in [1.82, 2.24) is 5.32 Å². The fourth-order valence-corrected chi connectivity index (χ4v) is 4.32. The third kappa shape index (κ3) is 6.91. The van der Waals surface area contributed by atoms with Gasteiger partial charge in [-0.2, -0.15) is 11.8 Å². The maximum absolute atomic E-state index is 10.6. The van der Waals surface area contributed by atoms with Gasteiger partial charge in [0.2, 0.25) is 0 Å². The Hall–Kier alpha value is -1.16. The summed E-state index contributed by atoms with van der Waals surface area (Å²) in [7, 11) is 5.56. The highest BCUT2D eigenvalue weighted by molar-refractivity contribution is 7.94. The first-order valence-corrected chi connectivity index (χ1v) is 11.0.